The van der Waals surface area contributed by atoms with E-state index in [1.165, 1.54) is 16.7 Å². The van der Waals surface area contributed by atoms with Crippen LogP contribution in [0.5, 0.6) is 0 Å². The van der Waals surface area contributed by atoms with Crippen LogP contribution >= 0.6 is 0 Å². The van der Waals surface area contributed by atoms with Crippen LogP contribution in [-0.4, -0.2) is 35.6 Å². The third-order valence-electron chi connectivity index (χ3n) is 6.81. The number of hydrogen-bond donors (Lipinski definition) is 1. The van der Waals surface area contributed by atoms with Gasteiger partial charge >= 0.3 is 5.97 Å². The third-order valence-corrected chi connectivity index (χ3v) is 6.81. The molecule has 0 saturated carbocycles. The third kappa shape index (κ3) is 8.48. The van der Waals surface area contributed by atoms with Crippen LogP contribution in [0.1, 0.15) is 78.2 Å². The number of carbonyl (C=O) groups is 2. The fourth-order valence-electron chi connectivity index (χ4n) is 4.92. The van der Waals surface area contributed by atoms with E-state index in [0.717, 1.165) is 51.6 Å². The van der Waals surface area contributed by atoms with Gasteiger partial charge in [0.15, 0.2) is 0 Å². The van der Waals surface area contributed by atoms with Crippen molar-refractivity contribution < 1.29 is 14.3 Å². The average molecular weight is 493 g/mol. The molecule has 3 rings (SSSR count). The van der Waals surface area contributed by atoms with E-state index < -0.39 is 5.60 Å². The van der Waals surface area contributed by atoms with Crippen molar-refractivity contribution in [1.82, 2.24) is 10.4 Å². The van der Waals surface area contributed by atoms with Gasteiger partial charge in [-0.2, -0.15) is 0 Å². The zero-order valence-electron chi connectivity index (χ0n) is 22.6. The number of hydrogen-bond acceptors (Lipinski definition) is 4. The van der Waals surface area contributed by atoms with Crippen LogP contribution in [0.25, 0.3) is 11.1 Å². The first-order valence-corrected chi connectivity index (χ1v) is 13.7. The average Bonchev–Trinajstić information content (AvgIpc) is 2.88. The number of ether oxygens (including phenoxy) is 1. The van der Waals surface area contributed by atoms with E-state index >= 15 is 0 Å². The Bertz CT molecular complexity index is 961. The minimum Gasteiger partial charge on any atom is -0.460 e. The number of esters is 1. The Morgan fingerprint density at radius 3 is 2.36 bits per heavy atom. The number of nitrogens with one attached hydrogen (secondary N) is 1. The van der Waals surface area contributed by atoms with E-state index in [-0.39, 0.29) is 23.7 Å². The van der Waals surface area contributed by atoms with Gasteiger partial charge in [-0.25, -0.2) is 5.43 Å². The number of aryl methyl sites for hydroxylation is 1. The summed E-state index contributed by atoms with van der Waals surface area (Å²) in [6.07, 6.45) is 6.81. The molecule has 0 spiro atoms. The first-order chi connectivity index (χ1) is 17.3. The number of amides is 1. The van der Waals surface area contributed by atoms with Crippen molar-refractivity contribution >= 4 is 11.9 Å². The number of rotatable bonds is 11. The van der Waals surface area contributed by atoms with Gasteiger partial charge < -0.3 is 4.74 Å². The van der Waals surface area contributed by atoms with Crippen molar-refractivity contribution in [3.63, 3.8) is 0 Å². The highest BCUT2D eigenvalue weighted by molar-refractivity contribution is 5.80. The summed E-state index contributed by atoms with van der Waals surface area (Å²) in [5.74, 6) is -0.580. The number of unbranched alkanes of at least 4 members (excludes halogenated alkanes) is 1. The SMILES string of the molecule is CCCC[C@@H](C[C@@H](CCc1ccccc1-c1ccccc1)C(=O)N1CCCCN1)C(=O)OC(C)(C)C. The van der Waals surface area contributed by atoms with Gasteiger partial charge in [-0.3, -0.25) is 14.6 Å². The Morgan fingerprint density at radius 1 is 0.972 bits per heavy atom. The molecule has 2 atom stereocenters. The van der Waals surface area contributed by atoms with Crippen LogP contribution in [-0.2, 0) is 20.7 Å². The molecule has 5 nitrogen and oxygen atoms in total. The van der Waals surface area contributed by atoms with E-state index in [1.807, 2.05) is 26.8 Å². The van der Waals surface area contributed by atoms with Crippen LogP contribution in [0.15, 0.2) is 54.6 Å². The van der Waals surface area contributed by atoms with Gasteiger partial charge in [0.25, 0.3) is 0 Å². The molecular weight excluding hydrogens is 448 g/mol. The summed E-state index contributed by atoms with van der Waals surface area (Å²) in [5, 5.41) is 1.79. The summed E-state index contributed by atoms with van der Waals surface area (Å²) in [4.78, 5) is 26.9. The van der Waals surface area contributed by atoms with Crippen LogP contribution in [0, 0.1) is 11.8 Å². The Labute approximate surface area is 217 Å². The van der Waals surface area contributed by atoms with E-state index in [1.54, 1.807) is 5.01 Å². The maximum atomic E-state index is 13.7. The lowest BCUT2D eigenvalue weighted by molar-refractivity contribution is -0.161. The molecule has 1 aliphatic rings. The van der Waals surface area contributed by atoms with Crippen LogP contribution < -0.4 is 5.43 Å². The second-order valence-electron chi connectivity index (χ2n) is 11.0. The minimum absolute atomic E-state index is 0.108. The van der Waals surface area contributed by atoms with Crippen molar-refractivity contribution in [3.8, 4) is 11.1 Å². The lowest BCUT2D eigenvalue weighted by Gasteiger charge is -2.33. The van der Waals surface area contributed by atoms with Gasteiger partial charge in [-0.05, 0) is 76.0 Å². The van der Waals surface area contributed by atoms with Crippen molar-refractivity contribution in [3.05, 3.63) is 60.2 Å². The molecule has 196 valence electrons. The van der Waals surface area contributed by atoms with E-state index in [0.29, 0.717) is 12.8 Å². The predicted octanol–water partition coefficient (Wildman–Crippen LogP) is 6.57. The minimum atomic E-state index is -0.538. The maximum absolute atomic E-state index is 13.7. The Balaban J connectivity index is 1.82. The monoisotopic (exact) mass is 492 g/mol. The Kier molecular flexibility index (Phi) is 10.5. The lowest BCUT2D eigenvalue weighted by atomic mass is 9.85. The second kappa shape index (κ2) is 13.6. The molecule has 0 unspecified atom stereocenters. The molecule has 1 amide bonds. The smallest absolute Gasteiger partial charge is 0.309 e. The summed E-state index contributed by atoms with van der Waals surface area (Å²) < 4.78 is 5.78. The number of nitrogens with zero attached hydrogens (tertiary/aromatic N) is 1. The molecule has 5 heteroatoms. The molecule has 1 N–H and O–H groups in total. The standard InChI is InChI=1S/C31H44N2O3/c1-5-6-14-27(30(35)36-31(2,3)4)23-26(29(34)33-22-13-12-21-32-33)20-19-25-17-10-11-18-28(25)24-15-8-7-9-16-24/h7-11,15-18,26-27,32H,5-6,12-14,19-23H2,1-4H3/t26-,27+/m1/s1. The van der Waals surface area contributed by atoms with Crippen molar-refractivity contribution in [2.24, 2.45) is 11.8 Å². The summed E-state index contributed by atoms with van der Waals surface area (Å²) in [6.45, 7) is 9.39. The summed E-state index contributed by atoms with van der Waals surface area (Å²) >= 11 is 0. The Morgan fingerprint density at radius 2 is 1.69 bits per heavy atom. The zero-order valence-corrected chi connectivity index (χ0v) is 22.6. The van der Waals surface area contributed by atoms with E-state index in [4.69, 9.17) is 4.74 Å². The van der Waals surface area contributed by atoms with Crippen molar-refractivity contribution in [2.45, 2.75) is 84.7 Å². The fourth-order valence-corrected chi connectivity index (χ4v) is 4.92. The molecule has 1 saturated heterocycles. The molecule has 0 aliphatic carbocycles. The Hall–Kier alpha value is -2.66. The first kappa shape index (κ1) is 27.9. The quantitative estimate of drug-likeness (QED) is 0.361. The fraction of sp³-hybridized carbons (Fsp3) is 0.548. The first-order valence-electron chi connectivity index (χ1n) is 13.7. The highest BCUT2D eigenvalue weighted by Gasteiger charge is 2.33. The summed E-state index contributed by atoms with van der Waals surface area (Å²) in [7, 11) is 0. The van der Waals surface area contributed by atoms with Crippen molar-refractivity contribution in [1.29, 1.82) is 0 Å². The van der Waals surface area contributed by atoms with Crippen LogP contribution in [0.2, 0.25) is 0 Å². The highest BCUT2D eigenvalue weighted by Crippen LogP contribution is 2.30. The van der Waals surface area contributed by atoms with Gasteiger partial charge in [0.1, 0.15) is 5.60 Å². The second-order valence-corrected chi connectivity index (χ2v) is 11.0. The topological polar surface area (TPSA) is 58.6 Å². The predicted molar refractivity (Wildman–Crippen MR) is 146 cm³/mol. The van der Waals surface area contributed by atoms with Gasteiger partial charge in [0, 0.05) is 19.0 Å². The van der Waals surface area contributed by atoms with Crippen molar-refractivity contribution in [2.75, 3.05) is 13.1 Å². The molecule has 1 fully saturated rings. The molecule has 2 aromatic rings. The number of hydrazine groups is 1. The molecule has 0 aromatic heterocycles. The molecular formula is C31H44N2O3. The normalized spacial score (nSPS) is 15.8. The number of carbonyl (C=O) groups excluding carboxylic acids is 2. The summed E-state index contributed by atoms with van der Waals surface area (Å²) in [6, 6.07) is 18.8. The molecule has 1 aliphatic heterocycles. The van der Waals surface area contributed by atoms with Crippen LogP contribution in [0.4, 0.5) is 0 Å². The maximum Gasteiger partial charge on any atom is 0.309 e. The lowest BCUT2D eigenvalue weighted by Crippen LogP contribution is -2.50. The molecule has 36 heavy (non-hydrogen) atoms. The molecule has 2 aromatic carbocycles. The van der Waals surface area contributed by atoms with Gasteiger partial charge in [-0.15, -0.1) is 0 Å². The molecule has 0 radical (unpaired) electrons. The summed E-state index contributed by atoms with van der Waals surface area (Å²) in [5.41, 5.74) is 6.37. The van der Waals surface area contributed by atoms with Gasteiger partial charge in [-0.1, -0.05) is 74.4 Å². The zero-order chi connectivity index (χ0) is 26.0. The highest BCUT2D eigenvalue weighted by atomic mass is 16.6. The van der Waals surface area contributed by atoms with Gasteiger partial charge in [0.05, 0.1) is 5.92 Å². The largest absolute Gasteiger partial charge is 0.460 e. The molecule has 0 bridgehead atoms. The van der Waals surface area contributed by atoms with E-state index in [2.05, 4.69) is 60.9 Å². The number of benzene rings is 2. The molecule has 1 heterocycles. The van der Waals surface area contributed by atoms with Gasteiger partial charge in [0.2, 0.25) is 5.91 Å². The van der Waals surface area contributed by atoms with Crippen LogP contribution in [0.3, 0.4) is 0 Å². The van der Waals surface area contributed by atoms with E-state index in [9.17, 15) is 9.59 Å².